The zero-order valence-corrected chi connectivity index (χ0v) is 9.77. The third kappa shape index (κ3) is 2.07. The predicted molar refractivity (Wildman–Crippen MR) is 58.1 cm³/mol. The van der Waals surface area contributed by atoms with Crippen molar-refractivity contribution in [3.8, 4) is 5.75 Å². The van der Waals surface area contributed by atoms with Crippen LogP contribution in [0.4, 0.5) is 4.39 Å². The maximum atomic E-state index is 13.3. The Kier molecular flexibility index (Phi) is 3.89. The lowest BCUT2D eigenvalue weighted by molar-refractivity contribution is 0.378. The van der Waals surface area contributed by atoms with Gasteiger partial charge in [-0.15, -0.1) is 0 Å². The summed E-state index contributed by atoms with van der Waals surface area (Å²) in [5.74, 6) is -0.0154. The third-order valence-electron chi connectivity index (χ3n) is 2.15. The molecule has 0 aliphatic rings. The van der Waals surface area contributed by atoms with Crippen LogP contribution in [-0.4, -0.2) is 13.7 Å². The summed E-state index contributed by atoms with van der Waals surface area (Å²) in [6.07, 6.45) is 0. The summed E-state index contributed by atoms with van der Waals surface area (Å²) < 4.78 is 19.2. The molecule has 0 heterocycles. The summed E-state index contributed by atoms with van der Waals surface area (Å²) in [5.41, 5.74) is 6.33. The van der Waals surface area contributed by atoms with E-state index in [0.29, 0.717) is 6.54 Å². The van der Waals surface area contributed by atoms with Crippen LogP contribution < -0.4 is 10.5 Å². The number of ether oxygens (including phenoxy) is 1. The minimum Gasteiger partial charge on any atom is -0.493 e. The Labute approximate surface area is 91.4 Å². The van der Waals surface area contributed by atoms with Gasteiger partial charge in [0.05, 0.1) is 7.11 Å². The van der Waals surface area contributed by atoms with Crippen molar-refractivity contribution in [2.45, 2.75) is 12.8 Å². The van der Waals surface area contributed by atoms with E-state index in [1.165, 1.54) is 13.2 Å². The average molecular weight is 262 g/mol. The second kappa shape index (κ2) is 4.75. The first kappa shape index (κ1) is 11.5. The van der Waals surface area contributed by atoms with Crippen molar-refractivity contribution >= 4 is 15.9 Å². The molecule has 2 nitrogen and oxygen atoms in total. The van der Waals surface area contributed by atoms with Gasteiger partial charge in [0.1, 0.15) is 0 Å². The predicted octanol–water partition coefficient (Wildman–Crippen LogP) is 2.66. The summed E-state index contributed by atoms with van der Waals surface area (Å²) in [7, 11) is 1.46. The van der Waals surface area contributed by atoms with Crippen molar-refractivity contribution in [2.75, 3.05) is 13.7 Å². The van der Waals surface area contributed by atoms with Gasteiger partial charge in [0.25, 0.3) is 0 Å². The van der Waals surface area contributed by atoms with E-state index in [1.54, 1.807) is 6.07 Å². The van der Waals surface area contributed by atoms with Gasteiger partial charge < -0.3 is 10.5 Å². The molecule has 0 amide bonds. The van der Waals surface area contributed by atoms with Crippen LogP contribution in [0, 0.1) is 5.82 Å². The second-order valence-electron chi connectivity index (χ2n) is 3.11. The Morgan fingerprint density at radius 2 is 2.21 bits per heavy atom. The molecule has 1 unspecified atom stereocenters. The molecule has 2 N–H and O–H groups in total. The molecule has 4 heteroatoms. The second-order valence-corrected chi connectivity index (χ2v) is 3.97. The van der Waals surface area contributed by atoms with Crippen LogP contribution in [0.5, 0.6) is 5.75 Å². The van der Waals surface area contributed by atoms with Crippen molar-refractivity contribution in [3.05, 3.63) is 28.0 Å². The van der Waals surface area contributed by atoms with Crippen molar-refractivity contribution < 1.29 is 9.13 Å². The van der Waals surface area contributed by atoms with E-state index in [0.717, 1.165) is 10.0 Å². The third-order valence-corrected chi connectivity index (χ3v) is 2.84. The average Bonchev–Trinajstić information content (AvgIpc) is 2.19. The molecular formula is C10H13BrFNO. The van der Waals surface area contributed by atoms with Gasteiger partial charge in [0.2, 0.25) is 0 Å². The number of rotatable bonds is 3. The topological polar surface area (TPSA) is 35.2 Å². The Morgan fingerprint density at radius 1 is 1.57 bits per heavy atom. The lowest BCUT2D eigenvalue weighted by Crippen LogP contribution is -2.11. The molecule has 0 spiro atoms. The first-order valence-electron chi connectivity index (χ1n) is 4.33. The summed E-state index contributed by atoms with van der Waals surface area (Å²) in [6, 6.07) is 3.04. The minimum atomic E-state index is -0.356. The van der Waals surface area contributed by atoms with E-state index in [1.807, 2.05) is 6.92 Å². The number of benzene rings is 1. The lowest BCUT2D eigenvalue weighted by atomic mass is 10.00. The van der Waals surface area contributed by atoms with Gasteiger partial charge in [-0.1, -0.05) is 22.9 Å². The van der Waals surface area contributed by atoms with Gasteiger partial charge in [-0.25, -0.2) is 4.39 Å². The molecule has 1 rings (SSSR count). The van der Waals surface area contributed by atoms with Gasteiger partial charge in [0.15, 0.2) is 11.6 Å². The van der Waals surface area contributed by atoms with Crippen LogP contribution in [0.3, 0.4) is 0 Å². The molecule has 1 atom stereocenters. The monoisotopic (exact) mass is 261 g/mol. The molecule has 0 aromatic heterocycles. The molecule has 1 aromatic rings. The zero-order chi connectivity index (χ0) is 10.7. The molecule has 78 valence electrons. The Balaban J connectivity index is 3.29. The van der Waals surface area contributed by atoms with E-state index in [4.69, 9.17) is 10.5 Å². The minimum absolute atomic E-state index is 0.0648. The highest BCUT2D eigenvalue weighted by atomic mass is 79.9. The number of hydrogen-bond donors (Lipinski definition) is 1. The van der Waals surface area contributed by atoms with Crippen molar-refractivity contribution in [2.24, 2.45) is 5.73 Å². The molecular weight excluding hydrogens is 249 g/mol. The lowest BCUT2D eigenvalue weighted by Gasteiger charge is -2.16. The first-order valence-corrected chi connectivity index (χ1v) is 5.13. The zero-order valence-electron chi connectivity index (χ0n) is 8.18. The SMILES string of the molecule is COc1c(F)ccc(Br)c1C(C)CN. The molecule has 0 saturated heterocycles. The quantitative estimate of drug-likeness (QED) is 0.908. The van der Waals surface area contributed by atoms with Gasteiger partial charge in [0, 0.05) is 10.0 Å². The number of methoxy groups -OCH3 is 1. The first-order chi connectivity index (χ1) is 6.61. The van der Waals surface area contributed by atoms with Crippen molar-refractivity contribution in [1.82, 2.24) is 0 Å². The van der Waals surface area contributed by atoms with Crippen LogP contribution in [0.2, 0.25) is 0 Å². The highest BCUT2D eigenvalue weighted by molar-refractivity contribution is 9.10. The Bertz CT molecular complexity index is 330. The van der Waals surface area contributed by atoms with Gasteiger partial charge in [-0.2, -0.15) is 0 Å². The van der Waals surface area contributed by atoms with Crippen LogP contribution in [-0.2, 0) is 0 Å². The van der Waals surface area contributed by atoms with Gasteiger partial charge in [-0.3, -0.25) is 0 Å². The van der Waals surface area contributed by atoms with Crippen LogP contribution >= 0.6 is 15.9 Å². The smallest absolute Gasteiger partial charge is 0.165 e. The maximum Gasteiger partial charge on any atom is 0.165 e. The molecule has 0 aliphatic carbocycles. The summed E-state index contributed by atoms with van der Waals surface area (Å²) >= 11 is 3.36. The fourth-order valence-corrected chi connectivity index (χ4v) is 2.04. The highest BCUT2D eigenvalue weighted by Gasteiger charge is 2.17. The number of nitrogens with two attached hydrogens (primary N) is 1. The molecule has 0 radical (unpaired) electrons. The molecule has 0 bridgehead atoms. The van der Waals surface area contributed by atoms with E-state index < -0.39 is 0 Å². The highest BCUT2D eigenvalue weighted by Crippen LogP contribution is 2.35. The summed E-state index contributed by atoms with van der Waals surface area (Å²) in [6.45, 7) is 2.39. The van der Waals surface area contributed by atoms with E-state index >= 15 is 0 Å². The Morgan fingerprint density at radius 3 is 2.71 bits per heavy atom. The van der Waals surface area contributed by atoms with Crippen molar-refractivity contribution in [1.29, 1.82) is 0 Å². The standard InChI is InChI=1S/C10H13BrFNO/c1-6(5-13)9-7(11)3-4-8(12)10(9)14-2/h3-4,6H,5,13H2,1-2H3. The molecule has 14 heavy (non-hydrogen) atoms. The normalized spacial score (nSPS) is 12.6. The van der Waals surface area contributed by atoms with Gasteiger partial charge in [-0.05, 0) is 24.6 Å². The van der Waals surface area contributed by atoms with E-state index in [2.05, 4.69) is 15.9 Å². The maximum absolute atomic E-state index is 13.3. The van der Waals surface area contributed by atoms with E-state index in [9.17, 15) is 4.39 Å². The summed E-state index contributed by atoms with van der Waals surface area (Å²) in [5, 5.41) is 0. The summed E-state index contributed by atoms with van der Waals surface area (Å²) in [4.78, 5) is 0. The van der Waals surface area contributed by atoms with E-state index in [-0.39, 0.29) is 17.5 Å². The molecule has 1 aromatic carbocycles. The molecule has 0 fully saturated rings. The largest absolute Gasteiger partial charge is 0.493 e. The van der Waals surface area contributed by atoms with Crippen LogP contribution in [0.25, 0.3) is 0 Å². The molecule has 0 saturated carbocycles. The fourth-order valence-electron chi connectivity index (χ4n) is 1.33. The molecule has 0 aliphatic heterocycles. The van der Waals surface area contributed by atoms with Gasteiger partial charge >= 0.3 is 0 Å². The Hall–Kier alpha value is -0.610. The van der Waals surface area contributed by atoms with Crippen molar-refractivity contribution in [3.63, 3.8) is 0 Å². The van der Waals surface area contributed by atoms with Crippen LogP contribution in [0.1, 0.15) is 18.4 Å². The fraction of sp³-hybridized carbons (Fsp3) is 0.400. The number of hydrogen-bond acceptors (Lipinski definition) is 2. The number of halogens is 2. The van der Waals surface area contributed by atoms with Crippen LogP contribution in [0.15, 0.2) is 16.6 Å².